The minimum atomic E-state index is -0.344. The minimum absolute atomic E-state index is 0.0581. The number of para-hydroxylation sites is 3. The van der Waals surface area contributed by atoms with Gasteiger partial charge in [0.05, 0.1) is 16.7 Å². The van der Waals surface area contributed by atoms with Crippen LogP contribution in [0.4, 0.5) is 34.1 Å². The number of hydrogen-bond donors (Lipinski definition) is 0. The van der Waals surface area contributed by atoms with E-state index in [1.165, 1.54) is 16.3 Å². The summed E-state index contributed by atoms with van der Waals surface area (Å²) in [5.74, 6) is 3.23. The van der Waals surface area contributed by atoms with Crippen LogP contribution >= 0.6 is 0 Å². The van der Waals surface area contributed by atoms with E-state index in [0.29, 0.717) is 0 Å². The Balaban J connectivity index is 0.863. The average Bonchev–Trinajstić information content (AvgIpc) is 0.784. The summed E-state index contributed by atoms with van der Waals surface area (Å²) in [5, 5.41) is 4.51. The van der Waals surface area contributed by atoms with E-state index in [-0.39, 0.29) is 18.8 Å². The Morgan fingerprint density at radius 1 is 0.263 bits per heavy atom. The molecule has 0 unspecified atom stereocenters. The molecular weight excluding hydrogens is 1380 g/mol. The van der Waals surface area contributed by atoms with Gasteiger partial charge in [0.25, 0.3) is 13.4 Å². The quantitative estimate of drug-likeness (QED) is 0.128. The van der Waals surface area contributed by atoms with Gasteiger partial charge in [-0.2, -0.15) is 0 Å². The lowest BCUT2D eigenvalue weighted by molar-refractivity contribution is 0.487. The van der Waals surface area contributed by atoms with Crippen molar-refractivity contribution < 1.29 is 13.9 Å². The molecule has 0 N–H and O–H groups in total. The van der Waals surface area contributed by atoms with Gasteiger partial charge in [0.15, 0.2) is 0 Å². The summed E-state index contributed by atoms with van der Waals surface area (Å²) in [6.45, 7) is 6.19. The van der Waals surface area contributed by atoms with Gasteiger partial charge in [-0.15, -0.1) is 0 Å². The van der Waals surface area contributed by atoms with Crippen molar-refractivity contribution >= 4 is 124 Å². The Morgan fingerprint density at radius 3 is 1.30 bits per heavy atom. The normalized spacial score (nSPS) is 12.9. The van der Waals surface area contributed by atoms with E-state index >= 15 is 0 Å². The lowest BCUT2D eigenvalue weighted by atomic mass is 9.30. The molecule has 0 radical (unpaired) electrons. The Morgan fingerprint density at radius 2 is 0.693 bits per heavy atom. The first-order valence-corrected chi connectivity index (χ1v) is 39.5. The van der Waals surface area contributed by atoms with Crippen LogP contribution in [0.1, 0.15) is 26.3 Å². The molecule has 8 heteroatoms. The fourth-order valence-corrected chi connectivity index (χ4v) is 18.9. The zero-order valence-corrected chi connectivity index (χ0v) is 63.0. The number of anilines is 6. The molecule has 23 rings (SSSR count). The van der Waals surface area contributed by atoms with Gasteiger partial charge in [-0.3, -0.25) is 0 Å². The SMILES string of the molecule is CC(C)(C)c1ccc(-c2cc3c4c(c2)N(c2c(-c5ccccc5)cc(-c5ccccc5)cc2-c2ccccc2)c2cc5c(cc2B4c2ccc(-c4ccccc4)cc2O3)B2c3ccc(-n4c6ccccc6c6ccccc64)cc3Oc3cc(-c4cccc6oc7ccccc7c46)cc(c32)N5c2ccc(-c3ccccc3)cc2)cc1. The van der Waals surface area contributed by atoms with Gasteiger partial charge in [0.2, 0.25) is 0 Å². The molecule has 0 saturated carbocycles. The van der Waals surface area contributed by atoms with Crippen molar-refractivity contribution in [3.8, 4) is 107 Å². The highest BCUT2D eigenvalue weighted by atomic mass is 16.5. The van der Waals surface area contributed by atoms with E-state index in [0.717, 1.165) is 206 Å². The van der Waals surface area contributed by atoms with Crippen LogP contribution in [0.15, 0.2) is 381 Å². The maximum absolute atomic E-state index is 7.84. The van der Waals surface area contributed by atoms with E-state index in [9.17, 15) is 0 Å². The first-order valence-electron chi connectivity index (χ1n) is 39.5. The Labute approximate surface area is 662 Å². The van der Waals surface area contributed by atoms with E-state index in [1.54, 1.807) is 0 Å². The van der Waals surface area contributed by atoms with Gasteiger partial charge in [-0.1, -0.05) is 300 Å². The molecule has 534 valence electrons. The summed E-state index contributed by atoms with van der Waals surface area (Å²) < 4.78 is 24.7. The van der Waals surface area contributed by atoms with Crippen LogP contribution in [-0.4, -0.2) is 18.0 Å². The van der Waals surface area contributed by atoms with Crippen molar-refractivity contribution in [2.45, 2.75) is 26.2 Å². The number of fused-ring (bicyclic) bond motifs is 14. The highest BCUT2D eigenvalue weighted by Crippen LogP contribution is 2.54. The monoisotopic (exact) mass is 1460 g/mol. The Hall–Kier alpha value is -14.3. The zero-order valence-electron chi connectivity index (χ0n) is 63.0. The molecule has 0 amide bonds. The van der Waals surface area contributed by atoms with Gasteiger partial charge < -0.3 is 28.3 Å². The average molecular weight is 1460 g/mol. The topological polar surface area (TPSA) is 43.0 Å². The molecule has 4 aliphatic rings. The molecular formula is C106H71B2N3O3. The number of hydrogen-bond acceptors (Lipinski definition) is 5. The van der Waals surface area contributed by atoms with Crippen molar-refractivity contribution in [2.75, 3.05) is 9.80 Å². The number of rotatable bonds is 10. The molecule has 17 aromatic carbocycles. The summed E-state index contributed by atoms with van der Waals surface area (Å²) in [7, 11) is 0. The zero-order chi connectivity index (χ0) is 75.4. The first-order chi connectivity index (χ1) is 56.2. The maximum atomic E-state index is 7.84. The third-order valence-electron chi connectivity index (χ3n) is 24.2. The van der Waals surface area contributed by atoms with Crippen molar-refractivity contribution in [1.82, 2.24) is 4.57 Å². The molecule has 4 aliphatic heterocycles. The molecule has 0 atom stereocenters. The van der Waals surface area contributed by atoms with Gasteiger partial charge in [-0.25, -0.2) is 0 Å². The van der Waals surface area contributed by atoms with Crippen LogP contribution in [0.5, 0.6) is 23.0 Å². The van der Waals surface area contributed by atoms with E-state index in [4.69, 9.17) is 13.9 Å². The molecule has 0 bridgehead atoms. The molecule has 19 aromatic rings. The predicted molar refractivity (Wildman–Crippen MR) is 477 cm³/mol. The summed E-state index contributed by atoms with van der Waals surface area (Å²) >= 11 is 0. The Kier molecular flexibility index (Phi) is 14.7. The van der Waals surface area contributed by atoms with Crippen molar-refractivity contribution in [3.05, 3.63) is 382 Å². The number of furan rings is 1. The second-order valence-electron chi connectivity index (χ2n) is 31.8. The molecule has 0 saturated heterocycles. The smallest absolute Gasteiger partial charge is 0.256 e. The number of ether oxygens (including phenoxy) is 2. The van der Waals surface area contributed by atoms with Crippen LogP contribution in [0.2, 0.25) is 0 Å². The van der Waals surface area contributed by atoms with Crippen molar-refractivity contribution in [1.29, 1.82) is 0 Å². The number of nitrogens with zero attached hydrogens (tertiary/aromatic N) is 3. The van der Waals surface area contributed by atoms with Gasteiger partial charge >= 0.3 is 0 Å². The summed E-state index contributed by atoms with van der Waals surface area (Å²) in [6.07, 6.45) is 0. The molecule has 2 aromatic heterocycles. The third-order valence-corrected chi connectivity index (χ3v) is 24.2. The van der Waals surface area contributed by atoms with Crippen LogP contribution in [0.25, 0.3) is 127 Å². The standard InChI is InChI=1S/C106H71B2N3O3/c1-106(2,3)77-49-44-70(45-50-77)75-58-95-104-100(61-75)113-98-60-73(67-28-11-5-12-29-67)48-54-86(98)107(104)89-64-88-92(65-93(89)111(95)105-84(71-32-15-7-16-33-71)56-74(68-30-13-6-14-31-68)57-85(105)72-34-17-8-18-35-72)109(78-51-46-69(47-52-78)66-26-9-4-10-27-66)94-59-76(80-39-25-43-97-102(80)83-38-21-24-42-96(83)112-97)62-101-103(94)108(88)87-55-53-79(63-99(87)114-101)110-90-40-22-19-36-81(90)82-37-20-23-41-91(82)110/h4-65H,1-3H3. The van der Waals surface area contributed by atoms with E-state index in [1.807, 2.05) is 0 Å². The predicted octanol–water partition coefficient (Wildman–Crippen LogP) is 24.5. The van der Waals surface area contributed by atoms with Crippen LogP contribution < -0.4 is 52.1 Å². The molecule has 0 aliphatic carbocycles. The summed E-state index contributed by atoms with van der Waals surface area (Å²) in [4.78, 5) is 5.21. The summed E-state index contributed by atoms with van der Waals surface area (Å²) in [5.41, 5.74) is 34.3. The van der Waals surface area contributed by atoms with Crippen molar-refractivity contribution in [2.24, 2.45) is 0 Å². The van der Waals surface area contributed by atoms with Gasteiger partial charge in [-0.05, 0) is 202 Å². The molecule has 0 fully saturated rings. The van der Waals surface area contributed by atoms with Crippen molar-refractivity contribution in [3.63, 3.8) is 0 Å². The van der Waals surface area contributed by atoms with Crippen LogP contribution in [0.3, 0.4) is 0 Å². The van der Waals surface area contributed by atoms with Gasteiger partial charge in [0, 0.05) is 72.9 Å². The van der Waals surface area contributed by atoms with Crippen LogP contribution in [-0.2, 0) is 5.41 Å². The fraction of sp³-hybridized carbons (Fsp3) is 0.0377. The lowest BCUT2D eigenvalue weighted by Gasteiger charge is -2.45. The summed E-state index contributed by atoms with van der Waals surface area (Å²) in [6, 6.07) is 139. The second-order valence-corrected chi connectivity index (χ2v) is 31.8. The number of benzene rings is 17. The lowest BCUT2D eigenvalue weighted by Crippen LogP contribution is -2.63. The fourth-order valence-electron chi connectivity index (χ4n) is 18.9. The van der Waals surface area contributed by atoms with E-state index in [2.05, 4.69) is 411 Å². The van der Waals surface area contributed by atoms with Crippen LogP contribution in [0, 0.1) is 0 Å². The molecule has 6 heterocycles. The largest absolute Gasteiger partial charge is 0.458 e. The molecule has 0 spiro atoms. The number of aromatic nitrogens is 1. The van der Waals surface area contributed by atoms with Gasteiger partial charge in [0.1, 0.15) is 34.2 Å². The first kappa shape index (κ1) is 65.5. The second kappa shape index (κ2) is 25.6. The van der Waals surface area contributed by atoms with E-state index < -0.39 is 0 Å². The Bertz CT molecular complexity index is 7020. The maximum Gasteiger partial charge on any atom is 0.256 e. The molecule has 6 nitrogen and oxygen atoms in total. The highest BCUT2D eigenvalue weighted by Gasteiger charge is 2.49. The minimum Gasteiger partial charge on any atom is -0.458 e. The third kappa shape index (κ3) is 10.4. The highest BCUT2D eigenvalue weighted by molar-refractivity contribution is 7.02. The molecule has 114 heavy (non-hydrogen) atoms.